The first-order valence-electron chi connectivity index (χ1n) is 6.78. The summed E-state index contributed by atoms with van der Waals surface area (Å²) in [6.45, 7) is 1.79. The van der Waals surface area contributed by atoms with Crippen LogP contribution in [0.25, 0.3) is 0 Å². The summed E-state index contributed by atoms with van der Waals surface area (Å²) in [6, 6.07) is 0.0539. The fourth-order valence-corrected chi connectivity index (χ4v) is 3.01. The number of rotatable bonds is 3. The van der Waals surface area contributed by atoms with Crippen LogP contribution in [-0.4, -0.2) is 48.1 Å². The predicted octanol–water partition coefficient (Wildman–Crippen LogP) is 0.698. The number of amides is 1. The van der Waals surface area contributed by atoms with Crippen molar-refractivity contribution in [2.24, 2.45) is 11.8 Å². The minimum absolute atomic E-state index is 0.0539. The van der Waals surface area contributed by atoms with Crippen molar-refractivity contribution < 1.29 is 14.7 Å². The molecule has 0 aromatic heterocycles. The second-order valence-corrected chi connectivity index (χ2v) is 5.66. The van der Waals surface area contributed by atoms with E-state index in [1.807, 2.05) is 7.05 Å². The normalized spacial score (nSPS) is 33.3. The molecule has 1 heterocycles. The molecule has 5 heteroatoms. The van der Waals surface area contributed by atoms with Gasteiger partial charge < -0.3 is 15.3 Å². The Bertz CT molecular complexity index is 332. The molecule has 18 heavy (non-hydrogen) atoms. The van der Waals surface area contributed by atoms with Gasteiger partial charge in [-0.3, -0.25) is 9.59 Å². The highest BCUT2D eigenvalue weighted by atomic mass is 16.4. The van der Waals surface area contributed by atoms with Gasteiger partial charge in [-0.2, -0.15) is 0 Å². The molecule has 2 fully saturated rings. The van der Waals surface area contributed by atoms with Crippen molar-refractivity contribution >= 4 is 11.9 Å². The number of hydrogen-bond donors (Lipinski definition) is 2. The maximum atomic E-state index is 12.1. The van der Waals surface area contributed by atoms with E-state index in [0.29, 0.717) is 6.42 Å². The minimum Gasteiger partial charge on any atom is -0.481 e. The summed E-state index contributed by atoms with van der Waals surface area (Å²) in [5.41, 5.74) is 0. The molecule has 3 unspecified atom stereocenters. The summed E-state index contributed by atoms with van der Waals surface area (Å²) in [5, 5.41) is 12.1. The lowest BCUT2D eigenvalue weighted by atomic mass is 9.85. The zero-order chi connectivity index (χ0) is 13.1. The van der Waals surface area contributed by atoms with Gasteiger partial charge in [-0.15, -0.1) is 0 Å². The number of carbonyl (C=O) groups excluding carboxylic acids is 1. The first-order chi connectivity index (χ1) is 8.56. The number of carbonyl (C=O) groups is 2. The van der Waals surface area contributed by atoms with Crippen LogP contribution in [-0.2, 0) is 9.59 Å². The molecule has 2 rings (SSSR count). The smallest absolute Gasteiger partial charge is 0.306 e. The van der Waals surface area contributed by atoms with Gasteiger partial charge in [0.05, 0.1) is 11.8 Å². The molecule has 0 bridgehead atoms. The van der Waals surface area contributed by atoms with E-state index in [1.54, 1.807) is 0 Å². The van der Waals surface area contributed by atoms with Gasteiger partial charge in [-0.1, -0.05) is 6.42 Å². The number of nitrogens with zero attached hydrogens (tertiary/aromatic N) is 1. The van der Waals surface area contributed by atoms with Gasteiger partial charge in [-0.25, -0.2) is 0 Å². The van der Waals surface area contributed by atoms with Crippen LogP contribution in [0.5, 0.6) is 0 Å². The Morgan fingerprint density at radius 1 is 1.22 bits per heavy atom. The zero-order valence-corrected chi connectivity index (χ0v) is 10.9. The second kappa shape index (κ2) is 5.69. The molecule has 102 valence electrons. The Kier molecular flexibility index (Phi) is 4.22. The van der Waals surface area contributed by atoms with E-state index >= 15 is 0 Å². The van der Waals surface area contributed by atoms with Crippen molar-refractivity contribution in [3.8, 4) is 0 Å². The van der Waals surface area contributed by atoms with E-state index in [2.05, 4.69) is 10.2 Å². The van der Waals surface area contributed by atoms with Crippen molar-refractivity contribution in [1.29, 1.82) is 0 Å². The topological polar surface area (TPSA) is 69.6 Å². The Labute approximate surface area is 108 Å². The molecule has 1 aliphatic heterocycles. The van der Waals surface area contributed by atoms with E-state index in [1.165, 1.54) is 0 Å². The maximum Gasteiger partial charge on any atom is 0.306 e. The van der Waals surface area contributed by atoms with E-state index in [4.69, 9.17) is 5.11 Å². The average Bonchev–Trinajstić information content (AvgIpc) is 2.76. The van der Waals surface area contributed by atoms with E-state index in [0.717, 1.165) is 38.8 Å². The minimum atomic E-state index is -0.727. The Morgan fingerprint density at radius 3 is 2.61 bits per heavy atom. The summed E-state index contributed by atoms with van der Waals surface area (Å²) in [4.78, 5) is 25.2. The standard InChI is InChI=1S/C13H22N2O3/c1-15-6-5-10(8-15)12(16)14-11-4-2-3-9(7-11)13(17)18/h9-11H,2-8H2,1H3,(H,14,16)(H,17,18). The molecular formula is C13H22N2O3. The lowest BCUT2D eigenvalue weighted by molar-refractivity contribution is -0.143. The highest BCUT2D eigenvalue weighted by molar-refractivity contribution is 5.79. The van der Waals surface area contributed by atoms with Crippen LogP contribution in [0.1, 0.15) is 32.1 Å². The van der Waals surface area contributed by atoms with E-state index < -0.39 is 5.97 Å². The quantitative estimate of drug-likeness (QED) is 0.778. The van der Waals surface area contributed by atoms with Gasteiger partial charge in [0.15, 0.2) is 0 Å². The molecule has 1 saturated carbocycles. The number of carboxylic acid groups (broad SMARTS) is 1. The average molecular weight is 254 g/mol. The first-order valence-corrected chi connectivity index (χ1v) is 6.78. The molecule has 0 spiro atoms. The SMILES string of the molecule is CN1CCC(C(=O)NC2CCCC(C(=O)O)C2)C1. The summed E-state index contributed by atoms with van der Waals surface area (Å²) in [5.74, 6) is -0.819. The van der Waals surface area contributed by atoms with E-state index in [9.17, 15) is 9.59 Å². The molecule has 0 radical (unpaired) electrons. The lowest BCUT2D eigenvalue weighted by Gasteiger charge is -2.28. The van der Waals surface area contributed by atoms with Gasteiger partial charge in [-0.05, 0) is 39.3 Å². The van der Waals surface area contributed by atoms with Gasteiger partial charge in [0.25, 0.3) is 0 Å². The molecule has 0 aromatic carbocycles. The molecule has 1 saturated heterocycles. The van der Waals surface area contributed by atoms with Crippen molar-refractivity contribution in [3.05, 3.63) is 0 Å². The molecule has 1 amide bonds. The third-order valence-corrected chi connectivity index (χ3v) is 4.13. The van der Waals surface area contributed by atoms with Crippen molar-refractivity contribution in [2.75, 3.05) is 20.1 Å². The van der Waals surface area contributed by atoms with Crippen molar-refractivity contribution in [3.63, 3.8) is 0 Å². The summed E-state index contributed by atoms with van der Waals surface area (Å²) >= 11 is 0. The second-order valence-electron chi connectivity index (χ2n) is 5.66. The van der Waals surface area contributed by atoms with Gasteiger partial charge in [0, 0.05) is 12.6 Å². The number of hydrogen-bond acceptors (Lipinski definition) is 3. The summed E-state index contributed by atoms with van der Waals surface area (Å²) < 4.78 is 0. The fraction of sp³-hybridized carbons (Fsp3) is 0.846. The van der Waals surface area contributed by atoms with Crippen molar-refractivity contribution in [1.82, 2.24) is 10.2 Å². The number of aliphatic carboxylic acids is 1. The number of nitrogens with one attached hydrogen (secondary N) is 1. The van der Waals surface area contributed by atoms with E-state index in [-0.39, 0.29) is 23.8 Å². The van der Waals surface area contributed by atoms with Gasteiger partial charge in [0.2, 0.25) is 5.91 Å². The van der Waals surface area contributed by atoms with Crippen LogP contribution in [0.2, 0.25) is 0 Å². The molecule has 2 N–H and O–H groups in total. The number of carboxylic acids is 1. The highest BCUT2D eigenvalue weighted by Crippen LogP contribution is 2.25. The largest absolute Gasteiger partial charge is 0.481 e. The van der Waals surface area contributed by atoms with Gasteiger partial charge in [0.1, 0.15) is 0 Å². The third-order valence-electron chi connectivity index (χ3n) is 4.13. The monoisotopic (exact) mass is 254 g/mol. The summed E-state index contributed by atoms with van der Waals surface area (Å²) in [6.07, 6.45) is 4.06. The maximum absolute atomic E-state index is 12.1. The Balaban J connectivity index is 1.81. The van der Waals surface area contributed by atoms with Crippen LogP contribution in [0.4, 0.5) is 0 Å². The van der Waals surface area contributed by atoms with Gasteiger partial charge >= 0.3 is 5.97 Å². The lowest BCUT2D eigenvalue weighted by Crippen LogP contribution is -2.43. The molecular weight excluding hydrogens is 232 g/mol. The zero-order valence-electron chi connectivity index (χ0n) is 10.9. The number of likely N-dealkylation sites (tertiary alicyclic amines) is 1. The molecule has 3 atom stereocenters. The fourth-order valence-electron chi connectivity index (χ4n) is 3.01. The van der Waals surface area contributed by atoms with Crippen LogP contribution in [0.15, 0.2) is 0 Å². The molecule has 1 aliphatic carbocycles. The highest BCUT2D eigenvalue weighted by Gasteiger charge is 2.31. The van der Waals surface area contributed by atoms with Crippen LogP contribution in [0, 0.1) is 11.8 Å². The first kappa shape index (κ1) is 13.3. The third kappa shape index (κ3) is 3.22. The predicted molar refractivity (Wildman–Crippen MR) is 67.1 cm³/mol. The van der Waals surface area contributed by atoms with Crippen LogP contribution in [0.3, 0.4) is 0 Å². The molecule has 2 aliphatic rings. The van der Waals surface area contributed by atoms with Crippen molar-refractivity contribution in [2.45, 2.75) is 38.1 Å². The molecule has 0 aromatic rings. The van der Waals surface area contributed by atoms with Crippen LogP contribution >= 0.6 is 0 Å². The Morgan fingerprint density at radius 2 is 2.00 bits per heavy atom. The Hall–Kier alpha value is -1.10. The molecule has 5 nitrogen and oxygen atoms in total. The summed E-state index contributed by atoms with van der Waals surface area (Å²) in [7, 11) is 2.02. The van der Waals surface area contributed by atoms with Crippen LogP contribution < -0.4 is 5.32 Å².